The first kappa shape index (κ1) is 14.9. The zero-order valence-electron chi connectivity index (χ0n) is 11.9. The Kier molecular flexibility index (Phi) is 3.59. The number of anilines is 1. The zero-order chi connectivity index (χ0) is 15.9. The lowest BCUT2D eigenvalue weighted by molar-refractivity contribution is 0.408. The number of benzene rings is 1. The molecule has 0 aliphatic carbocycles. The first-order valence-corrected chi connectivity index (χ1v) is 8.34. The van der Waals surface area contributed by atoms with Crippen molar-refractivity contribution in [3.8, 4) is 28.6 Å². The standard InChI is InChI=1S/C14H17NO6S/c1-20-10-5-2-4-9(8-10)13-11(16)12(17)14(21-13)15-6-3-7-22(15,18)19/h2,4-5,8,16-19H,3,6-7H2,1H3. The molecule has 120 valence electrons. The highest BCUT2D eigenvalue weighted by atomic mass is 32.3. The monoisotopic (exact) mass is 327 g/mol. The fourth-order valence-electron chi connectivity index (χ4n) is 2.42. The Morgan fingerprint density at radius 1 is 1.23 bits per heavy atom. The molecule has 1 aromatic heterocycles. The summed E-state index contributed by atoms with van der Waals surface area (Å²) in [6, 6.07) is 6.79. The van der Waals surface area contributed by atoms with Gasteiger partial charge in [0.15, 0.2) is 5.76 Å². The predicted molar refractivity (Wildman–Crippen MR) is 83.7 cm³/mol. The van der Waals surface area contributed by atoms with Gasteiger partial charge in [0.1, 0.15) is 5.75 Å². The number of rotatable bonds is 3. The maximum absolute atomic E-state index is 10.1. The summed E-state index contributed by atoms with van der Waals surface area (Å²) in [4.78, 5) is 0. The van der Waals surface area contributed by atoms with E-state index in [1.165, 1.54) is 11.4 Å². The summed E-state index contributed by atoms with van der Waals surface area (Å²) in [6.07, 6.45) is 0.567. The lowest BCUT2D eigenvalue weighted by Crippen LogP contribution is -2.21. The summed E-state index contributed by atoms with van der Waals surface area (Å²) < 4.78 is 31.8. The van der Waals surface area contributed by atoms with E-state index in [9.17, 15) is 19.3 Å². The molecule has 3 rings (SSSR count). The third-order valence-electron chi connectivity index (χ3n) is 3.53. The molecule has 4 N–H and O–H groups in total. The van der Waals surface area contributed by atoms with Gasteiger partial charge in [-0.05, 0) is 18.6 Å². The van der Waals surface area contributed by atoms with Crippen LogP contribution in [-0.4, -0.2) is 38.7 Å². The van der Waals surface area contributed by atoms with Gasteiger partial charge in [-0.25, -0.2) is 4.31 Å². The van der Waals surface area contributed by atoms with E-state index in [1.807, 2.05) is 0 Å². The highest BCUT2D eigenvalue weighted by Gasteiger charge is 2.36. The van der Waals surface area contributed by atoms with E-state index in [2.05, 4.69) is 0 Å². The minimum absolute atomic E-state index is 0.0495. The average Bonchev–Trinajstić information content (AvgIpc) is 2.99. The van der Waals surface area contributed by atoms with Crippen LogP contribution in [0.4, 0.5) is 5.88 Å². The van der Waals surface area contributed by atoms with Gasteiger partial charge in [0.05, 0.1) is 12.9 Å². The molecule has 8 heteroatoms. The SMILES string of the molecule is COc1cccc(-c2oc(N3CCCS3(O)O)c(O)c2O)c1. The summed E-state index contributed by atoms with van der Waals surface area (Å²) in [5.74, 6) is -0.242. The number of aromatic hydroxyl groups is 2. The molecule has 22 heavy (non-hydrogen) atoms. The van der Waals surface area contributed by atoms with Gasteiger partial charge >= 0.3 is 0 Å². The lowest BCUT2D eigenvalue weighted by atomic mass is 10.1. The summed E-state index contributed by atoms with van der Waals surface area (Å²) in [7, 11) is -1.50. The smallest absolute Gasteiger partial charge is 0.261 e. The van der Waals surface area contributed by atoms with Crippen molar-refractivity contribution >= 4 is 16.7 Å². The Bertz CT molecular complexity index is 699. The minimum atomic E-state index is -3.02. The number of furan rings is 1. The number of methoxy groups -OCH3 is 1. The maximum Gasteiger partial charge on any atom is 0.261 e. The van der Waals surface area contributed by atoms with Crippen LogP contribution in [0.2, 0.25) is 0 Å². The molecule has 0 bridgehead atoms. The van der Waals surface area contributed by atoms with Crippen LogP contribution in [0.1, 0.15) is 6.42 Å². The first-order chi connectivity index (χ1) is 10.4. The fraction of sp³-hybridized carbons (Fsp3) is 0.286. The molecule has 0 atom stereocenters. The molecule has 1 fully saturated rings. The molecule has 7 nitrogen and oxygen atoms in total. The number of ether oxygens (including phenoxy) is 1. The average molecular weight is 327 g/mol. The summed E-state index contributed by atoms with van der Waals surface area (Å²) in [5, 5.41) is 20.2. The highest BCUT2D eigenvalue weighted by molar-refractivity contribution is 8.25. The van der Waals surface area contributed by atoms with Crippen molar-refractivity contribution in [2.24, 2.45) is 0 Å². The van der Waals surface area contributed by atoms with Crippen molar-refractivity contribution in [3.05, 3.63) is 24.3 Å². The summed E-state index contributed by atoms with van der Waals surface area (Å²) >= 11 is 0. The molecule has 1 aromatic carbocycles. The topological polar surface area (TPSA) is 107 Å². The normalized spacial score (nSPS) is 18.4. The summed E-state index contributed by atoms with van der Waals surface area (Å²) in [5.41, 5.74) is 0.508. The van der Waals surface area contributed by atoms with E-state index < -0.39 is 22.3 Å². The van der Waals surface area contributed by atoms with E-state index in [4.69, 9.17) is 9.15 Å². The molecule has 1 aliphatic heterocycles. The third-order valence-corrected chi connectivity index (χ3v) is 5.42. The molecule has 1 aliphatic rings. The van der Waals surface area contributed by atoms with E-state index in [-0.39, 0.29) is 17.4 Å². The Morgan fingerprint density at radius 2 is 2.00 bits per heavy atom. The Labute approximate surface area is 128 Å². The van der Waals surface area contributed by atoms with Crippen LogP contribution in [-0.2, 0) is 0 Å². The van der Waals surface area contributed by atoms with Gasteiger partial charge in [-0.3, -0.25) is 9.11 Å². The van der Waals surface area contributed by atoms with Gasteiger partial charge in [-0.15, -0.1) is 10.8 Å². The molecule has 2 aromatic rings. The van der Waals surface area contributed by atoms with Gasteiger partial charge in [-0.1, -0.05) is 12.1 Å². The molecular formula is C14H17NO6S. The van der Waals surface area contributed by atoms with Gasteiger partial charge in [0.25, 0.3) is 5.88 Å². The molecule has 2 heterocycles. The van der Waals surface area contributed by atoms with Gasteiger partial charge in [0.2, 0.25) is 11.5 Å². The van der Waals surface area contributed by atoms with Crippen LogP contribution in [0.3, 0.4) is 0 Å². The second-order valence-electron chi connectivity index (χ2n) is 4.96. The number of hydrogen-bond donors (Lipinski definition) is 4. The van der Waals surface area contributed by atoms with Gasteiger partial charge < -0.3 is 19.4 Å². The van der Waals surface area contributed by atoms with Gasteiger partial charge in [0, 0.05) is 12.1 Å². The van der Waals surface area contributed by atoms with E-state index >= 15 is 0 Å². The van der Waals surface area contributed by atoms with Crippen molar-refractivity contribution in [2.45, 2.75) is 6.42 Å². The Hall–Kier alpha value is -2.03. The molecule has 0 radical (unpaired) electrons. The van der Waals surface area contributed by atoms with Crippen molar-refractivity contribution in [2.75, 3.05) is 23.7 Å². The van der Waals surface area contributed by atoms with Crippen LogP contribution in [0, 0.1) is 0 Å². The largest absolute Gasteiger partial charge is 0.502 e. The highest BCUT2D eigenvalue weighted by Crippen LogP contribution is 2.57. The van der Waals surface area contributed by atoms with Crippen molar-refractivity contribution in [1.29, 1.82) is 0 Å². The molecule has 0 amide bonds. The second kappa shape index (κ2) is 5.31. The second-order valence-corrected chi connectivity index (χ2v) is 7.07. The zero-order valence-corrected chi connectivity index (χ0v) is 12.7. The number of nitrogens with zero attached hydrogens (tertiary/aromatic N) is 1. The minimum Gasteiger partial charge on any atom is -0.502 e. The quantitative estimate of drug-likeness (QED) is 0.685. The first-order valence-electron chi connectivity index (χ1n) is 6.67. The third kappa shape index (κ3) is 2.35. The molecule has 1 saturated heterocycles. The lowest BCUT2D eigenvalue weighted by Gasteiger charge is -2.35. The molecule has 0 spiro atoms. The van der Waals surface area contributed by atoms with Crippen molar-refractivity contribution in [3.63, 3.8) is 0 Å². The maximum atomic E-state index is 10.1. The van der Waals surface area contributed by atoms with Gasteiger partial charge in [-0.2, -0.15) is 0 Å². The number of hydrogen-bond acceptors (Lipinski definition) is 7. The summed E-state index contributed by atoms with van der Waals surface area (Å²) in [6.45, 7) is 0.334. The predicted octanol–water partition coefficient (Wildman–Crippen LogP) is 3.24. The Balaban J connectivity index is 2.06. The fourth-order valence-corrected chi connectivity index (χ4v) is 3.97. The molecule has 0 saturated carbocycles. The van der Waals surface area contributed by atoms with Crippen molar-refractivity contribution < 1.29 is 28.5 Å². The Morgan fingerprint density at radius 3 is 2.64 bits per heavy atom. The molecular weight excluding hydrogens is 310 g/mol. The van der Waals surface area contributed by atoms with E-state index in [0.717, 1.165) is 0 Å². The van der Waals surface area contributed by atoms with Crippen LogP contribution >= 0.6 is 10.8 Å². The van der Waals surface area contributed by atoms with E-state index in [0.29, 0.717) is 24.3 Å². The van der Waals surface area contributed by atoms with Crippen molar-refractivity contribution in [1.82, 2.24) is 0 Å². The van der Waals surface area contributed by atoms with Crippen LogP contribution < -0.4 is 9.04 Å². The van der Waals surface area contributed by atoms with Crippen LogP contribution in [0.5, 0.6) is 17.2 Å². The van der Waals surface area contributed by atoms with Crippen LogP contribution in [0.25, 0.3) is 11.3 Å². The molecule has 0 unspecified atom stereocenters. The van der Waals surface area contributed by atoms with E-state index in [1.54, 1.807) is 24.3 Å². The van der Waals surface area contributed by atoms with Crippen LogP contribution in [0.15, 0.2) is 28.7 Å².